The maximum Gasteiger partial charge on any atom is 0.143 e. The number of hydrogen-bond acceptors (Lipinski definition) is 3. The van der Waals surface area contributed by atoms with Crippen molar-refractivity contribution in [3.05, 3.63) is 27.7 Å². The third-order valence-corrected chi connectivity index (χ3v) is 3.46. The number of halogens is 2. The molecule has 0 spiro atoms. The highest BCUT2D eigenvalue weighted by molar-refractivity contribution is 6.35. The second-order valence-corrected chi connectivity index (χ2v) is 5.76. The third-order valence-electron chi connectivity index (χ3n) is 2.96. The van der Waals surface area contributed by atoms with Crippen molar-refractivity contribution in [2.75, 3.05) is 13.7 Å². The van der Waals surface area contributed by atoms with Gasteiger partial charge in [-0.3, -0.25) is 0 Å². The highest BCUT2D eigenvalue weighted by atomic mass is 35.5. The van der Waals surface area contributed by atoms with Gasteiger partial charge in [-0.05, 0) is 31.9 Å². The predicted molar refractivity (Wildman–Crippen MR) is 78.3 cm³/mol. The summed E-state index contributed by atoms with van der Waals surface area (Å²) in [6, 6.07) is 4.23. The molecular weight excluding hydrogens is 285 g/mol. The molecule has 0 aromatic heterocycles. The summed E-state index contributed by atoms with van der Waals surface area (Å²) >= 11 is 12.3. The molecule has 0 heterocycles. The largest absolute Gasteiger partial charge is 0.486 e. The van der Waals surface area contributed by atoms with E-state index in [1.165, 1.54) is 12.8 Å². The molecule has 0 radical (unpaired) electrons. The quantitative estimate of drug-likeness (QED) is 0.834. The zero-order chi connectivity index (χ0) is 13.8. The SMILES string of the molecule is COCC(C)Oc1c(Cl)cc(Cl)cc1CNC1CC1. The molecule has 19 heavy (non-hydrogen) atoms. The van der Waals surface area contributed by atoms with Crippen LogP contribution >= 0.6 is 23.2 Å². The van der Waals surface area contributed by atoms with E-state index in [1.807, 2.05) is 13.0 Å². The smallest absolute Gasteiger partial charge is 0.143 e. The van der Waals surface area contributed by atoms with Crippen molar-refractivity contribution in [2.45, 2.75) is 38.5 Å². The predicted octanol–water partition coefficient (Wildman–Crippen LogP) is 3.66. The second-order valence-electron chi connectivity index (χ2n) is 4.91. The average molecular weight is 304 g/mol. The van der Waals surface area contributed by atoms with Crippen LogP contribution in [0.25, 0.3) is 0 Å². The molecule has 1 unspecified atom stereocenters. The Morgan fingerprint density at radius 3 is 2.74 bits per heavy atom. The van der Waals surface area contributed by atoms with E-state index < -0.39 is 0 Å². The molecule has 0 aliphatic heterocycles. The van der Waals surface area contributed by atoms with Crippen LogP contribution in [0.1, 0.15) is 25.3 Å². The molecule has 0 amide bonds. The van der Waals surface area contributed by atoms with Gasteiger partial charge in [0.05, 0.1) is 11.6 Å². The fourth-order valence-corrected chi connectivity index (χ4v) is 2.47. The van der Waals surface area contributed by atoms with Crippen LogP contribution in [-0.2, 0) is 11.3 Å². The lowest BCUT2D eigenvalue weighted by molar-refractivity contribution is 0.0914. The van der Waals surface area contributed by atoms with Gasteiger partial charge < -0.3 is 14.8 Å². The Kier molecular flexibility index (Phi) is 5.34. The summed E-state index contributed by atoms with van der Waals surface area (Å²) in [5, 5.41) is 4.62. The van der Waals surface area contributed by atoms with Crippen LogP contribution in [0.15, 0.2) is 12.1 Å². The zero-order valence-electron chi connectivity index (χ0n) is 11.2. The lowest BCUT2D eigenvalue weighted by Gasteiger charge is -2.19. The van der Waals surface area contributed by atoms with Gasteiger partial charge in [-0.25, -0.2) is 0 Å². The van der Waals surface area contributed by atoms with Crippen molar-refractivity contribution < 1.29 is 9.47 Å². The Labute approximate surface area is 124 Å². The number of hydrogen-bond donors (Lipinski definition) is 1. The van der Waals surface area contributed by atoms with Gasteiger partial charge in [-0.1, -0.05) is 23.2 Å². The molecule has 1 atom stereocenters. The van der Waals surface area contributed by atoms with Crippen LogP contribution in [0.3, 0.4) is 0 Å². The van der Waals surface area contributed by atoms with E-state index in [1.54, 1.807) is 13.2 Å². The Bertz CT molecular complexity index is 436. The molecule has 1 aromatic carbocycles. The van der Waals surface area contributed by atoms with Gasteiger partial charge in [-0.15, -0.1) is 0 Å². The Morgan fingerprint density at radius 1 is 1.37 bits per heavy atom. The van der Waals surface area contributed by atoms with Crippen LogP contribution in [0.4, 0.5) is 0 Å². The van der Waals surface area contributed by atoms with Gasteiger partial charge in [-0.2, -0.15) is 0 Å². The molecule has 1 aromatic rings. The van der Waals surface area contributed by atoms with E-state index in [0.717, 1.165) is 12.1 Å². The molecule has 3 nitrogen and oxygen atoms in total. The van der Waals surface area contributed by atoms with Crippen LogP contribution in [0.5, 0.6) is 5.75 Å². The minimum Gasteiger partial charge on any atom is -0.486 e. The zero-order valence-corrected chi connectivity index (χ0v) is 12.7. The highest BCUT2D eigenvalue weighted by Crippen LogP contribution is 2.34. The molecule has 0 bridgehead atoms. The lowest BCUT2D eigenvalue weighted by Crippen LogP contribution is -2.21. The number of nitrogens with one attached hydrogen (secondary N) is 1. The molecule has 1 N–H and O–H groups in total. The van der Waals surface area contributed by atoms with Gasteiger partial charge in [0.1, 0.15) is 11.9 Å². The molecule has 5 heteroatoms. The summed E-state index contributed by atoms with van der Waals surface area (Å²) in [5.41, 5.74) is 0.993. The molecule has 0 saturated heterocycles. The first-order chi connectivity index (χ1) is 9.10. The topological polar surface area (TPSA) is 30.5 Å². The monoisotopic (exact) mass is 303 g/mol. The standard InChI is InChI=1S/C14H19Cl2NO2/c1-9(8-18-2)19-14-10(7-17-12-3-4-12)5-11(15)6-13(14)16/h5-6,9,12,17H,3-4,7-8H2,1-2H3. The minimum atomic E-state index is -0.0525. The van der Waals surface area contributed by atoms with Gasteiger partial charge in [0.2, 0.25) is 0 Å². The summed E-state index contributed by atoms with van der Waals surface area (Å²) in [6.07, 6.45) is 2.43. The molecule has 1 aliphatic carbocycles. The van der Waals surface area contributed by atoms with Crippen molar-refractivity contribution in [1.82, 2.24) is 5.32 Å². The van der Waals surface area contributed by atoms with Crippen molar-refractivity contribution in [3.8, 4) is 5.75 Å². The first-order valence-electron chi connectivity index (χ1n) is 6.47. The van der Waals surface area contributed by atoms with Gasteiger partial charge in [0.15, 0.2) is 0 Å². The van der Waals surface area contributed by atoms with Crippen molar-refractivity contribution in [2.24, 2.45) is 0 Å². The first-order valence-corrected chi connectivity index (χ1v) is 7.22. The summed E-state index contributed by atoms with van der Waals surface area (Å²) in [6.45, 7) is 3.20. The second kappa shape index (κ2) is 6.80. The number of methoxy groups -OCH3 is 1. The van der Waals surface area contributed by atoms with Gasteiger partial charge in [0, 0.05) is 30.3 Å². The van der Waals surface area contributed by atoms with Crippen LogP contribution in [-0.4, -0.2) is 25.9 Å². The number of benzene rings is 1. The van der Waals surface area contributed by atoms with E-state index in [4.69, 9.17) is 32.7 Å². The van der Waals surface area contributed by atoms with E-state index >= 15 is 0 Å². The molecule has 106 valence electrons. The lowest BCUT2D eigenvalue weighted by atomic mass is 10.2. The Morgan fingerprint density at radius 2 is 2.11 bits per heavy atom. The molecule has 1 saturated carbocycles. The van der Waals surface area contributed by atoms with Gasteiger partial charge in [0.25, 0.3) is 0 Å². The maximum atomic E-state index is 6.23. The van der Waals surface area contributed by atoms with Crippen molar-refractivity contribution >= 4 is 23.2 Å². The van der Waals surface area contributed by atoms with E-state index in [9.17, 15) is 0 Å². The molecule has 2 rings (SSSR count). The van der Waals surface area contributed by atoms with Crippen molar-refractivity contribution in [1.29, 1.82) is 0 Å². The summed E-state index contributed by atoms with van der Waals surface area (Å²) in [7, 11) is 1.65. The van der Waals surface area contributed by atoms with Crippen LogP contribution in [0, 0.1) is 0 Å². The molecule has 1 fully saturated rings. The third kappa shape index (κ3) is 4.53. The number of ether oxygens (including phenoxy) is 2. The fraction of sp³-hybridized carbons (Fsp3) is 0.571. The van der Waals surface area contributed by atoms with Crippen LogP contribution in [0.2, 0.25) is 10.0 Å². The maximum absolute atomic E-state index is 6.23. The van der Waals surface area contributed by atoms with E-state index in [-0.39, 0.29) is 6.10 Å². The normalized spacial score (nSPS) is 16.4. The van der Waals surface area contributed by atoms with Crippen LogP contribution < -0.4 is 10.1 Å². The first kappa shape index (κ1) is 14.9. The van der Waals surface area contributed by atoms with E-state index in [0.29, 0.717) is 28.4 Å². The highest BCUT2D eigenvalue weighted by Gasteiger charge is 2.21. The Balaban J connectivity index is 2.12. The minimum absolute atomic E-state index is 0.0525. The average Bonchev–Trinajstić information content (AvgIpc) is 3.14. The number of rotatable bonds is 7. The van der Waals surface area contributed by atoms with Gasteiger partial charge >= 0.3 is 0 Å². The van der Waals surface area contributed by atoms with Crippen molar-refractivity contribution in [3.63, 3.8) is 0 Å². The summed E-state index contributed by atoms with van der Waals surface area (Å²) < 4.78 is 10.9. The fourth-order valence-electron chi connectivity index (χ4n) is 1.89. The Hall–Kier alpha value is -0.480. The molecule has 1 aliphatic rings. The summed E-state index contributed by atoms with van der Waals surface area (Å²) in [4.78, 5) is 0. The molecular formula is C14H19Cl2NO2. The summed E-state index contributed by atoms with van der Waals surface area (Å²) in [5.74, 6) is 0.698. The van der Waals surface area contributed by atoms with E-state index in [2.05, 4.69) is 5.32 Å².